The molecule has 0 aromatic heterocycles. The molecule has 4 nitrogen and oxygen atoms in total. The molecule has 0 unspecified atom stereocenters. The van der Waals surface area contributed by atoms with Gasteiger partial charge in [-0.15, -0.1) is 0 Å². The molecule has 0 bridgehead atoms. The zero-order chi connectivity index (χ0) is 14.8. The summed E-state index contributed by atoms with van der Waals surface area (Å²) in [6.45, 7) is 0. The molecule has 0 saturated heterocycles. The highest BCUT2D eigenvalue weighted by Crippen LogP contribution is 2.26. The van der Waals surface area contributed by atoms with Crippen LogP contribution in [0, 0.1) is 0 Å². The van der Waals surface area contributed by atoms with Crippen LogP contribution in [0.5, 0.6) is 0 Å². The van der Waals surface area contributed by atoms with Crippen molar-refractivity contribution >= 4 is 39.1 Å². The van der Waals surface area contributed by atoms with Crippen LogP contribution in [0.1, 0.15) is 22.3 Å². The molecule has 2 aromatic rings. The number of halogens is 1. The maximum absolute atomic E-state index is 12.2. The molecule has 3 rings (SSSR count). The van der Waals surface area contributed by atoms with Crippen LogP contribution in [0.3, 0.4) is 0 Å². The summed E-state index contributed by atoms with van der Waals surface area (Å²) in [6.07, 6.45) is 1.18. The van der Waals surface area contributed by atoms with E-state index < -0.39 is 0 Å². The van der Waals surface area contributed by atoms with Gasteiger partial charge in [-0.05, 0) is 48.4 Å². The molecule has 5 heteroatoms. The van der Waals surface area contributed by atoms with Crippen LogP contribution in [0.15, 0.2) is 46.9 Å². The number of carbonyl (C=O) groups excluding carboxylic acids is 2. The maximum Gasteiger partial charge on any atom is 0.255 e. The third kappa shape index (κ3) is 3.13. The zero-order valence-corrected chi connectivity index (χ0v) is 12.7. The summed E-state index contributed by atoms with van der Waals surface area (Å²) in [5.74, 6) is -0.121. The minimum atomic E-state index is -0.156. The fourth-order valence-electron chi connectivity index (χ4n) is 2.29. The van der Waals surface area contributed by atoms with Crippen molar-refractivity contribution in [1.29, 1.82) is 0 Å². The average Bonchev–Trinajstić information content (AvgIpc) is 2.47. The van der Waals surface area contributed by atoms with Crippen molar-refractivity contribution in [2.75, 3.05) is 10.6 Å². The average molecular weight is 345 g/mol. The lowest BCUT2D eigenvalue weighted by Gasteiger charge is -2.17. The van der Waals surface area contributed by atoms with Crippen molar-refractivity contribution in [2.45, 2.75) is 12.8 Å². The lowest BCUT2D eigenvalue weighted by Crippen LogP contribution is -2.19. The van der Waals surface area contributed by atoms with E-state index in [4.69, 9.17) is 0 Å². The summed E-state index contributed by atoms with van der Waals surface area (Å²) in [5, 5.41) is 5.70. The Hall–Kier alpha value is -2.14. The second-order valence-corrected chi connectivity index (χ2v) is 5.80. The van der Waals surface area contributed by atoms with E-state index >= 15 is 0 Å². The second-order valence-electron chi connectivity index (χ2n) is 4.88. The van der Waals surface area contributed by atoms with E-state index in [0.29, 0.717) is 18.4 Å². The maximum atomic E-state index is 12.2. The van der Waals surface area contributed by atoms with Crippen LogP contribution in [-0.2, 0) is 11.2 Å². The van der Waals surface area contributed by atoms with Gasteiger partial charge in [-0.25, -0.2) is 0 Å². The monoisotopic (exact) mass is 344 g/mol. The SMILES string of the molecule is O=C1CCc2cc(NC(=O)c3cccc(Br)c3)ccc2N1. The van der Waals surface area contributed by atoms with Crippen LogP contribution in [0.25, 0.3) is 0 Å². The van der Waals surface area contributed by atoms with E-state index in [-0.39, 0.29) is 11.8 Å². The van der Waals surface area contributed by atoms with Crippen molar-refractivity contribution in [2.24, 2.45) is 0 Å². The molecule has 0 aliphatic carbocycles. The number of benzene rings is 2. The van der Waals surface area contributed by atoms with Gasteiger partial charge in [-0.2, -0.15) is 0 Å². The van der Waals surface area contributed by atoms with Crippen LogP contribution in [0.4, 0.5) is 11.4 Å². The van der Waals surface area contributed by atoms with Gasteiger partial charge in [-0.3, -0.25) is 9.59 Å². The molecular weight excluding hydrogens is 332 g/mol. The Morgan fingerprint density at radius 2 is 2.00 bits per heavy atom. The summed E-state index contributed by atoms with van der Waals surface area (Å²) in [5.41, 5.74) is 3.19. The van der Waals surface area contributed by atoms with Gasteiger partial charge < -0.3 is 10.6 Å². The summed E-state index contributed by atoms with van der Waals surface area (Å²) in [6, 6.07) is 12.8. The molecule has 0 saturated carbocycles. The fraction of sp³-hybridized carbons (Fsp3) is 0.125. The quantitative estimate of drug-likeness (QED) is 0.874. The van der Waals surface area contributed by atoms with E-state index in [1.807, 2.05) is 24.3 Å². The van der Waals surface area contributed by atoms with Crippen molar-refractivity contribution < 1.29 is 9.59 Å². The molecule has 0 radical (unpaired) electrons. The smallest absolute Gasteiger partial charge is 0.255 e. The number of fused-ring (bicyclic) bond motifs is 1. The molecule has 1 aliphatic rings. The number of hydrogen-bond acceptors (Lipinski definition) is 2. The Balaban J connectivity index is 1.79. The lowest BCUT2D eigenvalue weighted by molar-refractivity contribution is -0.116. The lowest BCUT2D eigenvalue weighted by atomic mass is 10.0. The Kier molecular flexibility index (Phi) is 3.75. The molecule has 1 heterocycles. The first-order valence-corrected chi connectivity index (χ1v) is 7.41. The first-order chi connectivity index (χ1) is 10.1. The number of aryl methyl sites for hydroxylation is 1. The number of rotatable bonds is 2. The van der Waals surface area contributed by atoms with E-state index in [1.54, 1.807) is 18.2 Å². The fourth-order valence-corrected chi connectivity index (χ4v) is 2.69. The molecule has 106 valence electrons. The van der Waals surface area contributed by atoms with E-state index in [1.165, 1.54) is 0 Å². The van der Waals surface area contributed by atoms with Gasteiger partial charge >= 0.3 is 0 Å². The highest BCUT2D eigenvalue weighted by atomic mass is 79.9. The molecule has 1 aliphatic heterocycles. The van der Waals surface area contributed by atoms with E-state index in [9.17, 15) is 9.59 Å². The van der Waals surface area contributed by atoms with Gasteiger partial charge in [0, 0.05) is 27.8 Å². The number of nitrogens with one attached hydrogen (secondary N) is 2. The molecule has 0 spiro atoms. The van der Waals surface area contributed by atoms with Gasteiger partial charge in [0.2, 0.25) is 5.91 Å². The molecule has 2 aromatic carbocycles. The largest absolute Gasteiger partial charge is 0.326 e. The first kappa shape index (κ1) is 13.8. The minimum Gasteiger partial charge on any atom is -0.326 e. The van der Waals surface area contributed by atoms with Crippen LogP contribution in [0.2, 0.25) is 0 Å². The Bertz CT molecular complexity index is 728. The molecule has 2 N–H and O–H groups in total. The van der Waals surface area contributed by atoms with Gasteiger partial charge in [0.1, 0.15) is 0 Å². The third-order valence-electron chi connectivity index (χ3n) is 3.35. The number of amides is 2. The Morgan fingerprint density at radius 1 is 1.14 bits per heavy atom. The van der Waals surface area contributed by atoms with Crippen LogP contribution in [-0.4, -0.2) is 11.8 Å². The molecule has 0 fully saturated rings. The van der Waals surface area contributed by atoms with Crippen molar-refractivity contribution in [3.05, 3.63) is 58.1 Å². The predicted octanol–water partition coefficient (Wildman–Crippen LogP) is 3.59. The summed E-state index contributed by atoms with van der Waals surface area (Å²) in [7, 11) is 0. The van der Waals surface area contributed by atoms with E-state index in [2.05, 4.69) is 26.6 Å². The number of anilines is 2. The van der Waals surface area contributed by atoms with Crippen LogP contribution < -0.4 is 10.6 Å². The van der Waals surface area contributed by atoms with Crippen molar-refractivity contribution in [1.82, 2.24) is 0 Å². The highest BCUT2D eigenvalue weighted by Gasteiger charge is 2.15. The minimum absolute atomic E-state index is 0.0356. The van der Waals surface area contributed by atoms with Crippen molar-refractivity contribution in [3.63, 3.8) is 0 Å². The Labute approximate surface area is 130 Å². The van der Waals surface area contributed by atoms with Crippen molar-refractivity contribution in [3.8, 4) is 0 Å². The van der Waals surface area contributed by atoms with E-state index in [0.717, 1.165) is 21.4 Å². The Morgan fingerprint density at radius 3 is 2.81 bits per heavy atom. The molecular formula is C16H13BrN2O2. The molecule has 21 heavy (non-hydrogen) atoms. The summed E-state index contributed by atoms with van der Waals surface area (Å²) in [4.78, 5) is 23.5. The van der Waals surface area contributed by atoms with Gasteiger partial charge in [0.25, 0.3) is 5.91 Å². The third-order valence-corrected chi connectivity index (χ3v) is 3.84. The first-order valence-electron chi connectivity index (χ1n) is 6.61. The molecule has 0 atom stereocenters. The van der Waals surface area contributed by atoms with Gasteiger partial charge in [0.15, 0.2) is 0 Å². The van der Waals surface area contributed by atoms with Gasteiger partial charge in [-0.1, -0.05) is 22.0 Å². The summed E-state index contributed by atoms with van der Waals surface area (Å²) < 4.78 is 0.864. The second kappa shape index (κ2) is 5.69. The topological polar surface area (TPSA) is 58.2 Å². The van der Waals surface area contributed by atoms with Gasteiger partial charge in [0.05, 0.1) is 0 Å². The number of carbonyl (C=O) groups is 2. The normalized spacial score (nSPS) is 13.3. The predicted molar refractivity (Wildman–Crippen MR) is 85.5 cm³/mol. The summed E-state index contributed by atoms with van der Waals surface area (Å²) >= 11 is 3.35. The standard InChI is InChI=1S/C16H13BrN2O2/c17-12-3-1-2-11(8-12)16(21)18-13-5-6-14-10(9-13)4-7-15(20)19-14/h1-3,5-6,8-9H,4,7H2,(H,18,21)(H,19,20). The highest BCUT2D eigenvalue weighted by molar-refractivity contribution is 9.10. The zero-order valence-electron chi connectivity index (χ0n) is 11.2. The van der Waals surface area contributed by atoms with Crippen LogP contribution >= 0.6 is 15.9 Å². The molecule has 2 amide bonds. The number of hydrogen-bond donors (Lipinski definition) is 2.